The number of hydrogen-bond acceptors (Lipinski definition) is 3. The number of rotatable bonds is 8. The lowest BCUT2D eigenvalue weighted by Gasteiger charge is -2.44. The Morgan fingerprint density at radius 3 is 2.61 bits per heavy atom. The van der Waals surface area contributed by atoms with Gasteiger partial charge in [-0.05, 0) is 44.7 Å². The van der Waals surface area contributed by atoms with E-state index in [0.29, 0.717) is 6.04 Å². The maximum atomic E-state index is 6.08. The lowest BCUT2D eigenvalue weighted by atomic mass is 9.87. The summed E-state index contributed by atoms with van der Waals surface area (Å²) in [6.45, 7) is 7.58. The standard InChI is InChI=1S/C15H28N2S/c1-5-9-15(6-2,12-16)17(4)13(3)11-14-8-7-10-18-14/h7-8,10,13H,5-6,9,11-12,16H2,1-4H3. The minimum Gasteiger partial charge on any atom is -0.329 e. The first-order valence-corrected chi connectivity index (χ1v) is 7.93. The largest absolute Gasteiger partial charge is 0.329 e. The number of nitrogens with two attached hydrogens (primary N) is 1. The predicted octanol–water partition coefficient (Wildman–Crippen LogP) is 3.52. The monoisotopic (exact) mass is 268 g/mol. The van der Waals surface area contributed by atoms with E-state index in [2.05, 4.69) is 50.2 Å². The van der Waals surface area contributed by atoms with E-state index in [0.717, 1.165) is 19.4 Å². The second-order valence-electron chi connectivity index (χ2n) is 5.28. The van der Waals surface area contributed by atoms with E-state index in [-0.39, 0.29) is 5.54 Å². The maximum absolute atomic E-state index is 6.08. The summed E-state index contributed by atoms with van der Waals surface area (Å²) in [6, 6.07) is 4.90. The van der Waals surface area contributed by atoms with Crippen LogP contribution in [0.25, 0.3) is 0 Å². The average molecular weight is 268 g/mol. The number of hydrogen-bond donors (Lipinski definition) is 1. The normalized spacial score (nSPS) is 16.8. The molecule has 0 saturated carbocycles. The van der Waals surface area contributed by atoms with Crippen LogP contribution in [0.2, 0.25) is 0 Å². The second-order valence-corrected chi connectivity index (χ2v) is 6.31. The van der Waals surface area contributed by atoms with E-state index < -0.39 is 0 Å². The first-order valence-electron chi connectivity index (χ1n) is 7.05. The van der Waals surface area contributed by atoms with Crippen molar-refractivity contribution in [1.82, 2.24) is 4.90 Å². The molecular formula is C15H28N2S. The van der Waals surface area contributed by atoms with Crippen molar-refractivity contribution >= 4 is 11.3 Å². The summed E-state index contributed by atoms with van der Waals surface area (Å²) in [5.74, 6) is 0. The van der Waals surface area contributed by atoms with Gasteiger partial charge in [0.15, 0.2) is 0 Å². The van der Waals surface area contributed by atoms with Crippen LogP contribution in [0.4, 0.5) is 0 Å². The van der Waals surface area contributed by atoms with E-state index in [1.165, 1.54) is 17.7 Å². The molecule has 0 spiro atoms. The van der Waals surface area contributed by atoms with Gasteiger partial charge in [-0.2, -0.15) is 0 Å². The maximum Gasteiger partial charge on any atom is 0.0328 e. The Bertz CT molecular complexity index is 317. The Labute approximate surface area is 116 Å². The summed E-state index contributed by atoms with van der Waals surface area (Å²) in [5.41, 5.74) is 6.25. The molecule has 0 saturated heterocycles. The van der Waals surface area contributed by atoms with E-state index in [1.807, 2.05) is 11.3 Å². The van der Waals surface area contributed by atoms with Gasteiger partial charge in [0.25, 0.3) is 0 Å². The fourth-order valence-corrected chi connectivity index (χ4v) is 3.61. The third kappa shape index (κ3) is 3.56. The van der Waals surface area contributed by atoms with Gasteiger partial charge in [0.05, 0.1) is 0 Å². The van der Waals surface area contributed by atoms with Crippen molar-refractivity contribution in [3.05, 3.63) is 22.4 Å². The highest BCUT2D eigenvalue weighted by molar-refractivity contribution is 7.09. The highest BCUT2D eigenvalue weighted by atomic mass is 32.1. The van der Waals surface area contributed by atoms with E-state index >= 15 is 0 Å². The zero-order valence-electron chi connectivity index (χ0n) is 12.3. The summed E-state index contributed by atoms with van der Waals surface area (Å²) < 4.78 is 0. The molecule has 2 atom stereocenters. The van der Waals surface area contributed by atoms with Crippen LogP contribution in [0.3, 0.4) is 0 Å². The van der Waals surface area contributed by atoms with Gasteiger partial charge in [0, 0.05) is 23.0 Å². The molecule has 104 valence electrons. The van der Waals surface area contributed by atoms with Crippen LogP contribution in [0.15, 0.2) is 17.5 Å². The van der Waals surface area contributed by atoms with Crippen LogP contribution in [0.1, 0.15) is 44.9 Å². The van der Waals surface area contributed by atoms with Gasteiger partial charge < -0.3 is 5.73 Å². The molecule has 0 aliphatic heterocycles. The van der Waals surface area contributed by atoms with Crippen LogP contribution >= 0.6 is 11.3 Å². The predicted molar refractivity (Wildman–Crippen MR) is 82.2 cm³/mol. The summed E-state index contributed by atoms with van der Waals surface area (Å²) >= 11 is 1.85. The lowest BCUT2D eigenvalue weighted by Crippen LogP contribution is -2.55. The minimum absolute atomic E-state index is 0.172. The topological polar surface area (TPSA) is 29.3 Å². The quantitative estimate of drug-likeness (QED) is 0.781. The van der Waals surface area contributed by atoms with Crippen molar-refractivity contribution in [3.8, 4) is 0 Å². The molecule has 0 fully saturated rings. The smallest absolute Gasteiger partial charge is 0.0328 e. The van der Waals surface area contributed by atoms with E-state index in [4.69, 9.17) is 5.73 Å². The molecule has 1 aromatic rings. The molecule has 0 aliphatic carbocycles. The molecule has 1 rings (SSSR count). The van der Waals surface area contributed by atoms with E-state index in [1.54, 1.807) is 0 Å². The van der Waals surface area contributed by atoms with Crippen molar-refractivity contribution < 1.29 is 0 Å². The second kappa shape index (κ2) is 7.27. The molecule has 0 bridgehead atoms. The zero-order chi connectivity index (χ0) is 13.6. The summed E-state index contributed by atoms with van der Waals surface area (Å²) in [6.07, 6.45) is 4.63. The molecule has 0 aromatic carbocycles. The number of thiophene rings is 1. The van der Waals surface area contributed by atoms with Gasteiger partial charge in [-0.3, -0.25) is 4.90 Å². The third-order valence-electron chi connectivity index (χ3n) is 4.24. The van der Waals surface area contributed by atoms with Crippen molar-refractivity contribution in [1.29, 1.82) is 0 Å². The van der Waals surface area contributed by atoms with Crippen LogP contribution in [-0.4, -0.2) is 30.1 Å². The van der Waals surface area contributed by atoms with Gasteiger partial charge in [-0.1, -0.05) is 26.3 Å². The summed E-state index contributed by atoms with van der Waals surface area (Å²) in [7, 11) is 2.24. The highest BCUT2D eigenvalue weighted by Crippen LogP contribution is 2.27. The fraction of sp³-hybridized carbons (Fsp3) is 0.733. The van der Waals surface area contributed by atoms with Crippen molar-refractivity contribution in [3.63, 3.8) is 0 Å². The number of nitrogens with zero attached hydrogens (tertiary/aromatic N) is 1. The lowest BCUT2D eigenvalue weighted by molar-refractivity contribution is 0.0714. The first kappa shape index (κ1) is 15.7. The summed E-state index contributed by atoms with van der Waals surface area (Å²) in [5, 5.41) is 2.16. The van der Waals surface area contributed by atoms with Gasteiger partial charge >= 0.3 is 0 Å². The molecule has 2 unspecified atom stereocenters. The van der Waals surface area contributed by atoms with Crippen molar-refractivity contribution in [2.45, 2.75) is 58.0 Å². The van der Waals surface area contributed by atoms with Crippen molar-refractivity contribution in [2.24, 2.45) is 5.73 Å². The van der Waals surface area contributed by atoms with Gasteiger partial charge in [0.2, 0.25) is 0 Å². The fourth-order valence-electron chi connectivity index (χ4n) is 2.78. The van der Waals surface area contributed by atoms with Crippen LogP contribution in [0, 0.1) is 0 Å². The molecule has 0 radical (unpaired) electrons. The minimum atomic E-state index is 0.172. The molecule has 1 aromatic heterocycles. The SMILES string of the molecule is CCCC(CC)(CN)N(C)C(C)Cc1cccs1. The highest BCUT2D eigenvalue weighted by Gasteiger charge is 2.33. The molecule has 0 aliphatic rings. The van der Waals surface area contributed by atoms with Crippen LogP contribution in [-0.2, 0) is 6.42 Å². The Kier molecular flexibility index (Phi) is 6.33. The Morgan fingerprint density at radius 1 is 1.44 bits per heavy atom. The van der Waals surface area contributed by atoms with Crippen LogP contribution in [0.5, 0.6) is 0 Å². The molecule has 3 heteroatoms. The Hall–Kier alpha value is -0.380. The average Bonchev–Trinajstić information content (AvgIpc) is 2.88. The zero-order valence-corrected chi connectivity index (χ0v) is 13.1. The van der Waals surface area contributed by atoms with Gasteiger partial charge in [-0.25, -0.2) is 0 Å². The van der Waals surface area contributed by atoms with Gasteiger partial charge in [0.1, 0.15) is 0 Å². The first-order chi connectivity index (χ1) is 8.59. The molecule has 0 amide bonds. The molecule has 2 nitrogen and oxygen atoms in total. The van der Waals surface area contributed by atoms with Crippen molar-refractivity contribution in [2.75, 3.05) is 13.6 Å². The third-order valence-corrected chi connectivity index (χ3v) is 5.14. The molecule has 1 heterocycles. The van der Waals surface area contributed by atoms with Gasteiger partial charge in [-0.15, -0.1) is 11.3 Å². The Morgan fingerprint density at radius 2 is 2.17 bits per heavy atom. The van der Waals surface area contributed by atoms with Crippen LogP contribution < -0.4 is 5.73 Å². The molecule has 2 N–H and O–H groups in total. The molecular weight excluding hydrogens is 240 g/mol. The van der Waals surface area contributed by atoms with E-state index in [9.17, 15) is 0 Å². The summed E-state index contributed by atoms with van der Waals surface area (Å²) in [4.78, 5) is 3.98. The number of likely N-dealkylation sites (N-methyl/N-ethyl adjacent to an activating group) is 1. The Balaban J connectivity index is 2.72. The molecule has 18 heavy (non-hydrogen) atoms.